The second-order valence-corrected chi connectivity index (χ2v) is 13.3. The maximum atomic E-state index is 14.0. The van der Waals surface area contributed by atoms with Crippen LogP contribution in [0.3, 0.4) is 0 Å². The zero-order valence-corrected chi connectivity index (χ0v) is 26.7. The molecule has 1 saturated heterocycles. The molecule has 3 heterocycles. The summed E-state index contributed by atoms with van der Waals surface area (Å²) in [5, 5.41) is 5.17. The van der Waals surface area contributed by atoms with Gasteiger partial charge in [0.25, 0.3) is 5.91 Å². The molecule has 232 valence electrons. The maximum Gasteiger partial charge on any atom is 0.305 e. The Morgan fingerprint density at radius 2 is 1.72 bits per heavy atom. The molecule has 1 fully saturated rings. The molecule has 2 aliphatic heterocycles. The average Bonchev–Trinajstić information content (AvgIpc) is 3.55. The molecule has 0 radical (unpaired) electrons. The normalized spacial score (nSPS) is 18.7. The van der Waals surface area contributed by atoms with Gasteiger partial charge in [-0.2, -0.15) is 0 Å². The molecule has 2 N–H and O–H groups in total. The van der Waals surface area contributed by atoms with Gasteiger partial charge < -0.3 is 19.8 Å². The number of thiazole rings is 1. The summed E-state index contributed by atoms with van der Waals surface area (Å²) < 4.78 is 11.9. The number of hydrogen-bond acceptors (Lipinski definition) is 8. The molecule has 12 heteroatoms. The van der Waals surface area contributed by atoms with Crippen molar-refractivity contribution in [1.82, 2.24) is 4.98 Å². The van der Waals surface area contributed by atoms with Crippen molar-refractivity contribution in [3.05, 3.63) is 110 Å². The fourth-order valence-electron chi connectivity index (χ4n) is 5.99. The number of aromatic nitrogens is 1. The largest absolute Gasteiger partial charge is 0.490 e. The molecule has 0 bridgehead atoms. The van der Waals surface area contributed by atoms with Crippen molar-refractivity contribution in [3.8, 4) is 11.5 Å². The van der Waals surface area contributed by atoms with Crippen molar-refractivity contribution in [2.45, 2.75) is 23.1 Å². The van der Waals surface area contributed by atoms with Gasteiger partial charge in [-0.15, -0.1) is 0 Å². The molecule has 7 rings (SSSR count). The molecular weight excluding hydrogens is 646 g/mol. The van der Waals surface area contributed by atoms with Crippen molar-refractivity contribution in [2.75, 3.05) is 23.4 Å². The summed E-state index contributed by atoms with van der Waals surface area (Å²) in [7, 11) is 0. The number of ether oxygens (including phenoxy) is 2. The number of rotatable bonds is 8. The van der Waals surface area contributed by atoms with Crippen molar-refractivity contribution in [3.63, 3.8) is 0 Å². The standard InChI is InChI=1S/C34H26ClN3O6S2/c1-2-43-25-16-19(10-15-24(25)44-17-26(39)36-23-9-5-7-18-6-3-4-8-22(18)23)27-28-30(45-31-29(27)46-34(42)37-31)33(41)38(32(28)40)21-13-11-20(35)12-14-21/h3-16,27-28,30H,2,17H2,1H3,(H,36,39)(H,37,42)/t27-,28-,30+/m0/s1. The lowest BCUT2D eigenvalue weighted by Crippen LogP contribution is -2.32. The Hall–Kier alpha value is -4.58. The highest BCUT2D eigenvalue weighted by molar-refractivity contribution is 8.00. The van der Waals surface area contributed by atoms with Gasteiger partial charge in [0.15, 0.2) is 18.1 Å². The third-order valence-corrected chi connectivity index (χ3v) is 10.6. The minimum Gasteiger partial charge on any atom is -0.490 e. The molecule has 5 aromatic rings. The van der Waals surface area contributed by atoms with Crippen molar-refractivity contribution < 1.29 is 23.9 Å². The Bertz CT molecular complexity index is 2060. The zero-order valence-electron chi connectivity index (χ0n) is 24.3. The van der Waals surface area contributed by atoms with Crippen LogP contribution in [0, 0.1) is 5.92 Å². The number of anilines is 2. The van der Waals surface area contributed by atoms with Crippen LogP contribution in [-0.4, -0.2) is 41.2 Å². The van der Waals surface area contributed by atoms with Crippen LogP contribution in [0.2, 0.25) is 5.02 Å². The lowest BCUT2D eigenvalue weighted by molar-refractivity contribution is -0.122. The number of aromatic amines is 1. The smallest absolute Gasteiger partial charge is 0.305 e. The number of amides is 3. The number of imide groups is 1. The summed E-state index contributed by atoms with van der Waals surface area (Å²) in [6, 6.07) is 25.2. The van der Waals surface area contributed by atoms with E-state index in [1.165, 1.54) is 16.7 Å². The molecule has 0 spiro atoms. The second-order valence-electron chi connectivity index (χ2n) is 10.7. The minimum absolute atomic E-state index is 0.264. The number of thioether (sulfide) groups is 1. The predicted octanol–water partition coefficient (Wildman–Crippen LogP) is 6.46. The lowest BCUT2D eigenvalue weighted by atomic mass is 9.83. The second kappa shape index (κ2) is 12.3. The summed E-state index contributed by atoms with van der Waals surface area (Å²) in [4.78, 5) is 57.6. The van der Waals surface area contributed by atoms with E-state index in [1.54, 1.807) is 42.5 Å². The van der Waals surface area contributed by atoms with E-state index in [0.29, 0.717) is 50.0 Å². The van der Waals surface area contributed by atoms with Crippen molar-refractivity contribution in [1.29, 1.82) is 0 Å². The van der Waals surface area contributed by atoms with Gasteiger partial charge >= 0.3 is 4.87 Å². The summed E-state index contributed by atoms with van der Waals surface area (Å²) in [5.74, 6) is -1.68. The molecule has 0 unspecified atom stereocenters. The third-order valence-electron chi connectivity index (χ3n) is 7.96. The first-order valence-electron chi connectivity index (χ1n) is 14.5. The highest BCUT2D eigenvalue weighted by atomic mass is 35.5. The first-order chi connectivity index (χ1) is 22.3. The molecule has 3 amide bonds. The number of carbonyl (C=O) groups is 3. The number of carbonyl (C=O) groups excluding carboxylic acids is 3. The first-order valence-corrected chi connectivity index (χ1v) is 16.6. The van der Waals surface area contributed by atoms with Crippen LogP contribution in [0.5, 0.6) is 11.5 Å². The van der Waals surface area contributed by atoms with E-state index in [0.717, 1.165) is 22.1 Å². The minimum atomic E-state index is -0.764. The third kappa shape index (κ3) is 5.44. The fraction of sp³-hybridized carbons (Fsp3) is 0.176. The molecule has 0 aliphatic carbocycles. The fourth-order valence-corrected chi connectivity index (χ4v) is 8.63. The highest BCUT2D eigenvalue weighted by Crippen LogP contribution is 2.53. The number of nitrogens with zero attached hydrogens (tertiary/aromatic N) is 1. The predicted molar refractivity (Wildman–Crippen MR) is 180 cm³/mol. The van der Waals surface area contributed by atoms with Gasteiger partial charge in [0, 0.05) is 26.9 Å². The SMILES string of the molecule is CCOc1cc([C@@H]2c3sc(=O)[nH]c3S[C@H]3C(=O)N(c4ccc(Cl)cc4)C(=O)[C@@H]23)ccc1OCC(=O)Nc1cccc2ccccc12. The monoisotopic (exact) mass is 671 g/mol. The Morgan fingerprint density at radius 1 is 0.935 bits per heavy atom. The average molecular weight is 672 g/mol. The Morgan fingerprint density at radius 3 is 2.52 bits per heavy atom. The molecule has 2 aliphatic rings. The Labute approximate surface area is 276 Å². The highest BCUT2D eigenvalue weighted by Gasteiger charge is 2.56. The number of H-pyrrole nitrogens is 1. The van der Waals surface area contributed by atoms with Gasteiger partial charge in [-0.1, -0.05) is 77.2 Å². The summed E-state index contributed by atoms with van der Waals surface area (Å²) in [6.07, 6.45) is 0. The molecule has 3 atom stereocenters. The molecule has 9 nitrogen and oxygen atoms in total. The Balaban J connectivity index is 1.18. The molecule has 0 saturated carbocycles. The van der Waals surface area contributed by atoms with Gasteiger partial charge in [-0.05, 0) is 60.3 Å². The van der Waals surface area contributed by atoms with Crippen LogP contribution in [0.4, 0.5) is 11.4 Å². The van der Waals surface area contributed by atoms with E-state index in [1.807, 2.05) is 49.4 Å². The number of hydrogen-bond donors (Lipinski definition) is 2. The van der Waals surface area contributed by atoms with Crippen molar-refractivity contribution in [2.24, 2.45) is 5.92 Å². The van der Waals surface area contributed by atoms with E-state index in [4.69, 9.17) is 21.1 Å². The number of nitrogens with one attached hydrogen (secondary N) is 2. The molecule has 46 heavy (non-hydrogen) atoms. The Kier molecular flexibility index (Phi) is 8.06. The van der Waals surface area contributed by atoms with E-state index < -0.39 is 17.1 Å². The van der Waals surface area contributed by atoms with Crippen LogP contribution in [0.25, 0.3) is 10.8 Å². The van der Waals surface area contributed by atoms with Crippen LogP contribution in [-0.2, 0) is 14.4 Å². The van der Waals surface area contributed by atoms with E-state index >= 15 is 0 Å². The van der Waals surface area contributed by atoms with Crippen LogP contribution >= 0.6 is 34.7 Å². The van der Waals surface area contributed by atoms with Crippen LogP contribution < -0.4 is 24.6 Å². The van der Waals surface area contributed by atoms with Gasteiger partial charge in [0.2, 0.25) is 11.8 Å². The summed E-state index contributed by atoms with van der Waals surface area (Å²) in [5.41, 5.74) is 1.80. The summed E-state index contributed by atoms with van der Waals surface area (Å²) >= 11 is 8.29. The van der Waals surface area contributed by atoms with E-state index in [2.05, 4.69) is 10.3 Å². The first kappa shape index (κ1) is 30.1. The maximum absolute atomic E-state index is 14.0. The van der Waals surface area contributed by atoms with Gasteiger partial charge in [0.1, 0.15) is 5.25 Å². The topological polar surface area (TPSA) is 118 Å². The van der Waals surface area contributed by atoms with Crippen LogP contribution in [0.15, 0.2) is 94.7 Å². The molecule has 1 aromatic heterocycles. The van der Waals surface area contributed by atoms with E-state index in [9.17, 15) is 19.2 Å². The number of fused-ring (bicyclic) bond motifs is 3. The van der Waals surface area contributed by atoms with Gasteiger partial charge in [-0.3, -0.25) is 19.2 Å². The summed E-state index contributed by atoms with van der Waals surface area (Å²) in [6.45, 7) is 1.88. The quantitative estimate of drug-likeness (QED) is 0.182. The molecular formula is C34H26ClN3O6S2. The molecule has 4 aromatic carbocycles. The lowest BCUT2D eigenvalue weighted by Gasteiger charge is -2.30. The van der Waals surface area contributed by atoms with Crippen molar-refractivity contribution >= 4 is 74.6 Å². The van der Waals surface area contributed by atoms with Gasteiger partial charge in [0.05, 0.1) is 23.2 Å². The zero-order chi connectivity index (χ0) is 31.9. The van der Waals surface area contributed by atoms with E-state index in [-0.39, 0.29) is 29.2 Å². The number of benzene rings is 4. The van der Waals surface area contributed by atoms with Crippen LogP contribution in [0.1, 0.15) is 23.3 Å². The number of halogens is 1. The van der Waals surface area contributed by atoms with Gasteiger partial charge in [-0.25, -0.2) is 4.90 Å².